The minimum absolute atomic E-state index is 0.115. The van der Waals surface area contributed by atoms with Crippen molar-refractivity contribution in [2.75, 3.05) is 26.2 Å². The molecule has 1 aliphatic carbocycles. The second kappa shape index (κ2) is 6.02. The maximum atomic E-state index is 12.6. The highest BCUT2D eigenvalue weighted by atomic mass is 32.1. The van der Waals surface area contributed by atoms with Crippen molar-refractivity contribution >= 4 is 17.2 Å². The van der Waals surface area contributed by atoms with Gasteiger partial charge in [0.2, 0.25) is 0 Å². The van der Waals surface area contributed by atoms with Gasteiger partial charge in [0.05, 0.1) is 16.8 Å². The van der Waals surface area contributed by atoms with Gasteiger partial charge in [0, 0.05) is 32.2 Å². The van der Waals surface area contributed by atoms with Crippen LogP contribution in [0.2, 0.25) is 0 Å². The number of hydrogen-bond donors (Lipinski definition) is 1. The summed E-state index contributed by atoms with van der Waals surface area (Å²) >= 11 is 1.49. The number of aliphatic hydroxyl groups is 1. The van der Waals surface area contributed by atoms with Gasteiger partial charge in [-0.3, -0.25) is 9.69 Å². The van der Waals surface area contributed by atoms with Gasteiger partial charge in [0.15, 0.2) is 0 Å². The summed E-state index contributed by atoms with van der Waals surface area (Å²) in [5, 5.41) is 11.0. The van der Waals surface area contributed by atoms with Crippen molar-refractivity contribution in [1.82, 2.24) is 14.8 Å². The average Bonchev–Trinajstić information content (AvgIpc) is 3.04. The summed E-state index contributed by atoms with van der Waals surface area (Å²) < 4.78 is 0. The predicted octanol–water partition coefficient (Wildman–Crippen LogP) is 1.43. The second-order valence-corrected chi connectivity index (χ2v) is 7.24. The molecule has 1 N–H and O–H groups in total. The number of aliphatic hydroxyl groups excluding tert-OH is 1. The molecule has 0 unspecified atom stereocenters. The zero-order valence-electron chi connectivity index (χ0n) is 12.7. The van der Waals surface area contributed by atoms with E-state index in [4.69, 9.17) is 0 Å². The average molecular weight is 309 g/mol. The van der Waals surface area contributed by atoms with Gasteiger partial charge < -0.3 is 10.0 Å². The van der Waals surface area contributed by atoms with E-state index in [-0.39, 0.29) is 12.0 Å². The zero-order chi connectivity index (χ0) is 15.0. The van der Waals surface area contributed by atoms with E-state index in [0.717, 1.165) is 61.0 Å². The monoisotopic (exact) mass is 309 g/mol. The predicted molar refractivity (Wildman–Crippen MR) is 82.7 cm³/mol. The highest BCUT2D eigenvalue weighted by Crippen LogP contribution is 2.26. The molecule has 2 fully saturated rings. The van der Waals surface area contributed by atoms with Crippen molar-refractivity contribution in [1.29, 1.82) is 0 Å². The number of piperazine rings is 1. The van der Waals surface area contributed by atoms with Gasteiger partial charge in [-0.25, -0.2) is 4.98 Å². The lowest BCUT2D eigenvalue weighted by Gasteiger charge is -2.39. The molecular formula is C15H23N3O2S. The Kier molecular flexibility index (Phi) is 4.28. The third-order valence-corrected chi connectivity index (χ3v) is 5.67. The van der Waals surface area contributed by atoms with Gasteiger partial charge >= 0.3 is 0 Å². The van der Waals surface area contributed by atoms with Gasteiger partial charge in [0.25, 0.3) is 5.91 Å². The molecular weight excluding hydrogens is 286 g/mol. The van der Waals surface area contributed by atoms with Gasteiger partial charge in [0.1, 0.15) is 4.88 Å². The van der Waals surface area contributed by atoms with Crippen LogP contribution in [0.1, 0.15) is 39.6 Å². The van der Waals surface area contributed by atoms with Crippen LogP contribution in [-0.4, -0.2) is 64.1 Å². The Labute approximate surface area is 129 Å². The fraction of sp³-hybridized carbons (Fsp3) is 0.733. The first-order valence-electron chi connectivity index (χ1n) is 7.71. The van der Waals surface area contributed by atoms with Gasteiger partial charge in [-0.2, -0.15) is 0 Å². The first-order chi connectivity index (χ1) is 10.1. The molecule has 3 rings (SSSR count). The third kappa shape index (κ3) is 2.98. The lowest BCUT2D eigenvalue weighted by atomic mass is 10.1. The molecule has 5 nitrogen and oxygen atoms in total. The molecule has 2 heterocycles. The van der Waals surface area contributed by atoms with Crippen molar-refractivity contribution in [3.63, 3.8) is 0 Å². The number of carbonyl (C=O) groups is 1. The molecule has 1 aromatic heterocycles. The molecule has 2 atom stereocenters. The Hall–Kier alpha value is -0.980. The van der Waals surface area contributed by atoms with E-state index in [1.165, 1.54) is 11.3 Å². The summed E-state index contributed by atoms with van der Waals surface area (Å²) in [7, 11) is 0. The summed E-state index contributed by atoms with van der Waals surface area (Å²) in [5.41, 5.74) is 0.844. The van der Waals surface area contributed by atoms with Crippen molar-refractivity contribution in [2.45, 2.75) is 45.3 Å². The zero-order valence-corrected chi connectivity index (χ0v) is 13.5. The van der Waals surface area contributed by atoms with E-state index < -0.39 is 0 Å². The van der Waals surface area contributed by atoms with Crippen molar-refractivity contribution in [3.8, 4) is 0 Å². The normalized spacial score (nSPS) is 27.3. The molecule has 1 amide bonds. The molecule has 6 heteroatoms. The number of thiazole rings is 1. The summed E-state index contributed by atoms with van der Waals surface area (Å²) in [5.74, 6) is 0.115. The van der Waals surface area contributed by atoms with Crippen LogP contribution in [0.15, 0.2) is 0 Å². The Morgan fingerprint density at radius 3 is 2.48 bits per heavy atom. The standard InChI is InChI=1S/C15H23N3O2S/c1-10-14(21-11(2)16-10)15(20)18-8-6-17(7-9-18)12-4-3-5-13(12)19/h12-13,19H,3-9H2,1-2H3/t12-,13-/m0/s1. The van der Waals surface area contributed by atoms with Crippen molar-refractivity contribution in [2.24, 2.45) is 0 Å². The fourth-order valence-corrected chi connectivity index (χ4v) is 4.36. The fourth-order valence-electron chi connectivity index (χ4n) is 3.48. The lowest BCUT2D eigenvalue weighted by molar-refractivity contribution is 0.0317. The number of carbonyl (C=O) groups excluding carboxylic acids is 1. The second-order valence-electron chi connectivity index (χ2n) is 6.04. The Morgan fingerprint density at radius 1 is 1.24 bits per heavy atom. The van der Waals surface area contributed by atoms with Crippen LogP contribution in [-0.2, 0) is 0 Å². The largest absolute Gasteiger partial charge is 0.391 e. The molecule has 1 aromatic rings. The SMILES string of the molecule is Cc1nc(C)c(C(=O)N2CCN([C@H]3CCC[C@@H]3O)CC2)s1. The molecule has 2 aliphatic rings. The number of amides is 1. The van der Waals surface area contributed by atoms with Crippen LogP contribution < -0.4 is 0 Å². The van der Waals surface area contributed by atoms with Crippen LogP contribution in [0.25, 0.3) is 0 Å². The molecule has 0 bridgehead atoms. The van der Waals surface area contributed by atoms with Crippen LogP contribution >= 0.6 is 11.3 Å². The quantitative estimate of drug-likeness (QED) is 0.898. The number of nitrogens with zero attached hydrogens (tertiary/aromatic N) is 3. The van der Waals surface area contributed by atoms with Gasteiger partial charge in [-0.1, -0.05) is 0 Å². The molecule has 116 valence electrons. The highest BCUT2D eigenvalue weighted by Gasteiger charge is 2.33. The maximum absolute atomic E-state index is 12.6. The van der Waals surface area contributed by atoms with Gasteiger partial charge in [-0.05, 0) is 33.1 Å². The van der Waals surface area contributed by atoms with Crippen LogP contribution in [0.4, 0.5) is 0 Å². The molecule has 1 saturated carbocycles. The Balaban J connectivity index is 1.60. The molecule has 1 aliphatic heterocycles. The minimum Gasteiger partial charge on any atom is -0.391 e. The first kappa shape index (κ1) is 14.9. The van der Waals surface area contributed by atoms with Crippen molar-refractivity contribution < 1.29 is 9.90 Å². The Bertz CT molecular complexity index is 523. The van der Waals surface area contributed by atoms with E-state index in [1.54, 1.807) is 0 Å². The molecule has 0 radical (unpaired) electrons. The van der Waals surface area contributed by atoms with E-state index in [1.807, 2.05) is 18.7 Å². The number of hydrogen-bond acceptors (Lipinski definition) is 5. The highest BCUT2D eigenvalue weighted by molar-refractivity contribution is 7.13. The van der Waals surface area contributed by atoms with E-state index >= 15 is 0 Å². The van der Waals surface area contributed by atoms with Crippen LogP contribution in [0.5, 0.6) is 0 Å². The molecule has 1 saturated heterocycles. The van der Waals surface area contributed by atoms with Gasteiger partial charge in [-0.15, -0.1) is 11.3 Å². The maximum Gasteiger partial charge on any atom is 0.265 e. The molecule has 0 aromatic carbocycles. The van der Waals surface area contributed by atoms with E-state index in [2.05, 4.69) is 9.88 Å². The lowest BCUT2D eigenvalue weighted by Crippen LogP contribution is -2.53. The van der Waals surface area contributed by atoms with E-state index in [9.17, 15) is 9.90 Å². The summed E-state index contributed by atoms with van der Waals surface area (Å²) in [6.45, 7) is 7.07. The molecule has 21 heavy (non-hydrogen) atoms. The third-order valence-electron chi connectivity index (χ3n) is 4.61. The van der Waals surface area contributed by atoms with Crippen molar-refractivity contribution in [3.05, 3.63) is 15.6 Å². The van der Waals surface area contributed by atoms with Crippen LogP contribution in [0.3, 0.4) is 0 Å². The summed E-state index contributed by atoms with van der Waals surface area (Å²) in [6.07, 6.45) is 2.94. The minimum atomic E-state index is -0.182. The topological polar surface area (TPSA) is 56.7 Å². The van der Waals surface area contributed by atoms with Crippen LogP contribution in [0, 0.1) is 13.8 Å². The molecule has 0 spiro atoms. The number of rotatable bonds is 2. The summed E-state index contributed by atoms with van der Waals surface area (Å²) in [6, 6.07) is 0.301. The Morgan fingerprint density at radius 2 is 1.95 bits per heavy atom. The summed E-state index contributed by atoms with van der Waals surface area (Å²) in [4.78, 5) is 22.0. The first-order valence-corrected chi connectivity index (χ1v) is 8.53. The van der Waals surface area contributed by atoms with E-state index in [0.29, 0.717) is 6.04 Å². The number of aryl methyl sites for hydroxylation is 2. The smallest absolute Gasteiger partial charge is 0.265 e. The number of aromatic nitrogens is 1.